The Morgan fingerprint density at radius 3 is 2.80 bits per heavy atom. The molecule has 3 N–H and O–H groups in total. The molecular formula is C29H26F2N6O4. The van der Waals surface area contributed by atoms with Crippen LogP contribution in [0.1, 0.15) is 23.6 Å². The van der Waals surface area contributed by atoms with E-state index in [-0.39, 0.29) is 18.3 Å². The lowest BCUT2D eigenvalue weighted by Gasteiger charge is -2.26. The molecule has 3 aromatic carbocycles. The first-order valence-corrected chi connectivity index (χ1v) is 12.8. The monoisotopic (exact) mass is 560 g/mol. The number of nitrogens with one attached hydrogen (secondary N) is 3. The van der Waals surface area contributed by atoms with Crippen molar-refractivity contribution in [2.24, 2.45) is 0 Å². The molecule has 2 aromatic heterocycles. The fourth-order valence-corrected chi connectivity index (χ4v) is 4.98. The smallest absolute Gasteiger partial charge is 0.328 e. The van der Waals surface area contributed by atoms with Crippen LogP contribution in [0.15, 0.2) is 65.6 Å². The Kier molecular flexibility index (Phi) is 6.88. The van der Waals surface area contributed by atoms with E-state index in [1.807, 2.05) is 12.1 Å². The van der Waals surface area contributed by atoms with E-state index in [9.17, 15) is 13.6 Å². The molecule has 1 aliphatic rings. The van der Waals surface area contributed by atoms with Gasteiger partial charge in [-0.3, -0.25) is 4.57 Å². The Balaban J connectivity index is 1.31. The van der Waals surface area contributed by atoms with Crippen molar-refractivity contribution in [3.63, 3.8) is 0 Å². The van der Waals surface area contributed by atoms with Crippen molar-refractivity contribution in [1.29, 1.82) is 0 Å². The number of aromatic amines is 1. The molecule has 0 aliphatic carbocycles. The second-order valence-corrected chi connectivity index (χ2v) is 9.39. The van der Waals surface area contributed by atoms with E-state index < -0.39 is 23.4 Å². The molecule has 1 aliphatic heterocycles. The Morgan fingerprint density at radius 1 is 1.10 bits per heavy atom. The Labute approximate surface area is 232 Å². The van der Waals surface area contributed by atoms with Gasteiger partial charge in [0, 0.05) is 30.2 Å². The summed E-state index contributed by atoms with van der Waals surface area (Å²) in [7, 11) is 3.14. The summed E-state index contributed by atoms with van der Waals surface area (Å²) in [6.07, 6.45) is 1.95. The van der Waals surface area contributed by atoms with E-state index in [0.717, 1.165) is 5.56 Å². The number of halogens is 2. The lowest BCUT2D eigenvalue weighted by molar-refractivity contribution is 0.244. The van der Waals surface area contributed by atoms with Crippen molar-refractivity contribution in [2.75, 3.05) is 31.5 Å². The molecule has 1 atom stereocenters. The van der Waals surface area contributed by atoms with Crippen LogP contribution in [0.25, 0.3) is 11.2 Å². The standard InChI is InChI=1S/C29H26F2N6O4/c1-39-18-8-6-16(25(13-18)40-2)14-32-22-12-17(30)7-9-21(22)34-28-33-15-23-27(36-28)37(29(38)35-23)24-10-11-41-26-19(24)4-3-5-20(26)31/h3-9,12-13,15,24,32H,10-11,14H2,1-2H3,(H,35,38)(H,33,34,36)/t24-/m1/s1. The normalized spacial score (nSPS) is 14.3. The van der Waals surface area contributed by atoms with Crippen LogP contribution in [0.3, 0.4) is 0 Å². The minimum atomic E-state index is -0.485. The van der Waals surface area contributed by atoms with Gasteiger partial charge in [-0.2, -0.15) is 4.98 Å². The number of hydrogen-bond acceptors (Lipinski definition) is 8. The summed E-state index contributed by atoms with van der Waals surface area (Å²) in [5.41, 5.74) is 2.75. The number of benzene rings is 3. The Morgan fingerprint density at radius 2 is 1.98 bits per heavy atom. The van der Waals surface area contributed by atoms with Crippen LogP contribution in [0, 0.1) is 11.6 Å². The quantitative estimate of drug-likeness (QED) is 0.239. The summed E-state index contributed by atoms with van der Waals surface area (Å²) in [4.78, 5) is 24.7. The van der Waals surface area contributed by atoms with Gasteiger partial charge in [-0.25, -0.2) is 18.6 Å². The van der Waals surface area contributed by atoms with Crippen LogP contribution >= 0.6 is 0 Å². The first-order chi connectivity index (χ1) is 19.9. The van der Waals surface area contributed by atoms with Gasteiger partial charge in [-0.1, -0.05) is 12.1 Å². The molecule has 0 radical (unpaired) electrons. The molecule has 5 aromatic rings. The van der Waals surface area contributed by atoms with E-state index in [1.54, 1.807) is 38.5 Å². The van der Waals surface area contributed by atoms with Gasteiger partial charge in [0.2, 0.25) is 5.95 Å². The number of para-hydroxylation sites is 1. The SMILES string of the molecule is COc1ccc(CNc2cc(F)ccc2Nc2ncc3[nH]c(=O)n([C@@H]4CCOc5c(F)cccc54)c3n2)c(OC)c1. The van der Waals surface area contributed by atoms with Gasteiger partial charge in [0.1, 0.15) is 22.8 Å². The lowest BCUT2D eigenvalue weighted by atomic mass is 10.00. The fourth-order valence-electron chi connectivity index (χ4n) is 4.98. The van der Waals surface area contributed by atoms with Crippen LogP contribution in [-0.4, -0.2) is 40.3 Å². The van der Waals surface area contributed by atoms with Gasteiger partial charge in [0.25, 0.3) is 0 Å². The van der Waals surface area contributed by atoms with Crippen LogP contribution in [0.2, 0.25) is 0 Å². The molecule has 0 saturated carbocycles. The third kappa shape index (κ3) is 4.99. The van der Waals surface area contributed by atoms with Crippen molar-refractivity contribution in [3.05, 3.63) is 94.0 Å². The topological polar surface area (TPSA) is 115 Å². The summed E-state index contributed by atoms with van der Waals surface area (Å²) in [6, 6.07) is 13.9. The van der Waals surface area contributed by atoms with Crippen molar-refractivity contribution < 1.29 is 23.0 Å². The van der Waals surface area contributed by atoms with E-state index in [4.69, 9.17) is 14.2 Å². The average Bonchev–Trinajstić information content (AvgIpc) is 3.31. The molecular weight excluding hydrogens is 534 g/mol. The zero-order valence-corrected chi connectivity index (χ0v) is 22.2. The number of H-pyrrole nitrogens is 1. The molecule has 0 spiro atoms. The van der Waals surface area contributed by atoms with E-state index >= 15 is 0 Å². The zero-order chi connectivity index (χ0) is 28.5. The fraction of sp³-hybridized carbons (Fsp3) is 0.207. The lowest BCUT2D eigenvalue weighted by Crippen LogP contribution is -2.28. The van der Waals surface area contributed by atoms with Crippen molar-refractivity contribution >= 4 is 28.5 Å². The zero-order valence-electron chi connectivity index (χ0n) is 22.2. The van der Waals surface area contributed by atoms with Crippen LogP contribution < -0.4 is 30.5 Å². The minimum Gasteiger partial charge on any atom is -0.497 e. The van der Waals surface area contributed by atoms with Gasteiger partial charge in [-0.05, 0) is 36.4 Å². The number of ether oxygens (including phenoxy) is 3. The largest absolute Gasteiger partial charge is 0.497 e. The molecule has 0 unspecified atom stereocenters. The molecule has 3 heterocycles. The molecule has 12 heteroatoms. The van der Waals surface area contributed by atoms with E-state index in [0.29, 0.717) is 52.6 Å². The first kappa shape index (κ1) is 26.1. The number of anilines is 3. The van der Waals surface area contributed by atoms with Crippen LogP contribution in [0.5, 0.6) is 17.2 Å². The summed E-state index contributed by atoms with van der Waals surface area (Å²) >= 11 is 0. The maximum Gasteiger partial charge on any atom is 0.328 e. The number of imidazole rings is 1. The van der Waals surface area contributed by atoms with E-state index in [1.165, 1.54) is 29.0 Å². The third-order valence-corrected chi connectivity index (χ3v) is 6.95. The Hall–Kier alpha value is -5.13. The van der Waals surface area contributed by atoms with Crippen molar-refractivity contribution in [2.45, 2.75) is 19.0 Å². The van der Waals surface area contributed by atoms with Gasteiger partial charge in [0.05, 0.1) is 44.4 Å². The highest BCUT2D eigenvalue weighted by Crippen LogP contribution is 2.37. The number of rotatable bonds is 8. The van der Waals surface area contributed by atoms with Gasteiger partial charge in [0.15, 0.2) is 17.2 Å². The molecule has 10 nitrogen and oxygen atoms in total. The third-order valence-electron chi connectivity index (χ3n) is 6.95. The first-order valence-electron chi connectivity index (χ1n) is 12.8. The molecule has 210 valence electrons. The highest BCUT2D eigenvalue weighted by Gasteiger charge is 2.28. The minimum absolute atomic E-state index is 0.132. The second kappa shape index (κ2) is 10.8. The van der Waals surface area contributed by atoms with Crippen LogP contribution in [0.4, 0.5) is 26.1 Å². The van der Waals surface area contributed by atoms with Gasteiger partial charge >= 0.3 is 5.69 Å². The van der Waals surface area contributed by atoms with Crippen LogP contribution in [-0.2, 0) is 6.54 Å². The second-order valence-electron chi connectivity index (χ2n) is 9.39. The number of fused-ring (bicyclic) bond motifs is 2. The predicted molar refractivity (Wildman–Crippen MR) is 149 cm³/mol. The highest BCUT2D eigenvalue weighted by atomic mass is 19.1. The molecule has 0 saturated heterocycles. The van der Waals surface area contributed by atoms with Gasteiger partial charge in [-0.15, -0.1) is 0 Å². The maximum absolute atomic E-state index is 14.4. The average molecular weight is 561 g/mol. The number of aromatic nitrogens is 4. The summed E-state index contributed by atoms with van der Waals surface area (Å²) in [5.74, 6) is 0.684. The predicted octanol–water partition coefficient (Wildman–Crippen LogP) is 5.14. The number of nitrogens with zero attached hydrogens (tertiary/aromatic N) is 3. The molecule has 41 heavy (non-hydrogen) atoms. The highest BCUT2D eigenvalue weighted by molar-refractivity contribution is 5.76. The summed E-state index contributed by atoms with van der Waals surface area (Å²) in [5, 5.41) is 6.36. The molecule has 0 fully saturated rings. The molecule has 0 bridgehead atoms. The van der Waals surface area contributed by atoms with E-state index in [2.05, 4.69) is 25.6 Å². The summed E-state index contributed by atoms with van der Waals surface area (Å²) < 4.78 is 46.4. The van der Waals surface area contributed by atoms with Gasteiger partial charge < -0.3 is 29.8 Å². The number of hydrogen-bond donors (Lipinski definition) is 3. The molecule has 6 rings (SSSR count). The number of methoxy groups -OCH3 is 2. The van der Waals surface area contributed by atoms with Crippen molar-refractivity contribution in [3.8, 4) is 17.2 Å². The summed E-state index contributed by atoms with van der Waals surface area (Å²) in [6.45, 7) is 0.583. The molecule has 0 amide bonds. The maximum atomic E-state index is 14.4. The Bertz CT molecular complexity index is 1800. The van der Waals surface area contributed by atoms with Crippen molar-refractivity contribution in [1.82, 2.24) is 19.5 Å².